The highest BCUT2D eigenvalue weighted by molar-refractivity contribution is 5.93. The number of rotatable bonds is 0. The topological polar surface area (TPSA) is 15.6 Å². The van der Waals surface area contributed by atoms with Gasteiger partial charge in [-0.15, -0.1) is 0 Å². The number of allylic oxidation sites excluding steroid dienone is 2. The van der Waals surface area contributed by atoms with E-state index in [1.54, 1.807) is 5.01 Å². The molecule has 0 aliphatic carbocycles. The van der Waals surface area contributed by atoms with Crippen molar-refractivity contribution < 1.29 is 0 Å². The van der Waals surface area contributed by atoms with Gasteiger partial charge in [0.2, 0.25) is 0 Å². The van der Waals surface area contributed by atoms with Crippen LogP contribution in [0.25, 0.3) is 0 Å². The molecule has 1 rings (SSSR count). The number of hydrazone groups is 1. The minimum Gasteiger partial charge on any atom is -0.269 e. The maximum Gasteiger partial charge on any atom is 0.0579 e. The van der Waals surface area contributed by atoms with Crippen LogP contribution in [0.15, 0.2) is 29.5 Å². The fourth-order valence-electron chi connectivity index (χ4n) is 0.659. The van der Waals surface area contributed by atoms with Crippen LogP contribution in [0.4, 0.5) is 0 Å². The van der Waals surface area contributed by atoms with Gasteiger partial charge in [-0.2, -0.15) is 5.10 Å². The predicted octanol–water partition coefficient (Wildman–Crippen LogP) is 2.40. The highest BCUT2D eigenvalue weighted by atomic mass is 15.4. The van der Waals surface area contributed by atoms with E-state index in [2.05, 4.69) is 11.7 Å². The van der Waals surface area contributed by atoms with Crippen molar-refractivity contribution in [1.82, 2.24) is 5.01 Å². The molecule has 62 valence electrons. The van der Waals surface area contributed by atoms with E-state index in [-0.39, 0.29) is 0 Å². The Morgan fingerprint density at radius 3 is 2.27 bits per heavy atom. The summed E-state index contributed by atoms with van der Waals surface area (Å²) in [5, 5.41) is 5.89. The zero-order chi connectivity index (χ0) is 8.85. The first-order valence-electron chi connectivity index (χ1n) is 3.86. The molecule has 1 aliphatic heterocycles. The maximum absolute atomic E-state index is 4.13. The van der Waals surface area contributed by atoms with Gasteiger partial charge >= 0.3 is 0 Å². The summed E-state index contributed by atoms with van der Waals surface area (Å²) < 4.78 is 0. The third kappa shape index (κ3) is 3.03. The molecule has 0 saturated carbocycles. The molecule has 0 spiro atoms. The second-order valence-corrected chi connectivity index (χ2v) is 2.09. The fraction of sp³-hybridized carbons (Fsp3) is 0.444. The zero-order valence-corrected chi connectivity index (χ0v) is 7.76. The summed E-state index contributed by atoms with van der Waals surface area (Å²) in [6, 6.07) is 0. The number of likely N-dealkylation sites (N-methyl/N-ethyl adjacent to an activating group) is 1. The highest BCUT2D eigenvalue weighted by Gasteiger charge is 2.00. The molecule has 0 aromatic rings. The van der Waals surface area contributed by atoms with Crippen molar-refractivity contribution in [1.29, 1.82) is 0 Å². The predicted molar refractivity (Wildman–Crippen MR) is 50.5 cm³/mol. The monoisotopic (exact) mass is 152 g/mol. The van der Waals surface area contributed by atoms with E-state index in [1.165, 1.54) is 0 Å². The van der Waals surface area contributed by atoms with Gasteiger partial charge in [0.15, 0.2) is 0 Å². The van der Waals surface area contributed by atoms with Gasteiger partial charge in [0.1, 0.15) is 0 Å². The quantitative estimate of drug-likeness (QED) is 0.520. The largest absolute Gasteiger partial charge is 0.269 e. The van der Waals surface area contributed by atoms with Gasteiger partial charge in [0.25, 0.3) is 0 Å². The van der Waals surface area contributed by atoms with Crippen molar-refractivity contribution in [2.45, 2.75) is 20.8 Å². The van der Waals surface area contributed by atoms with Crippen LogP contribution in [-0.2, 0) is 0 Å². The van der Waals surface area contributed by atoms with Gasteiger partial charge in [-0.05, 0) is 19.1 Å². The summed E-state index contributed by atoms with van der Waals surface area (Å²) in [4.78, 5) is 0. The van der Waals surface area contributed by atoms with Crippen molar-refractivity contribution >= 4 is 5.71 Å². The Morgan fingerprint density at radius 2 is 1.91 bits per heavy atom. The smallest absolute Gasteiger partial charge is 0.0579 e. The molecule has 0 aromatic heterocycles. The molecule has 2 heteroatoms. The molecule has 2 nitrogen and oxygen atoms in total. The lowest BCUT2D eigenvalue weighted by Gasteiger charge is -2.16. The SMILES string of the molecule is C=C1C=CC(C)=NN1C.CC. The second kappa shape index (κ2) is 4.72. The summed E-state index contributed by atoms with van der Waals surface area (Å²) in [5.74, 6) is 0. The third-order valence-corrected chi connectivity index (χ3v) is 1.24. The molecule has 0 saturated heterocycles. The Morgan fingerprint density at radius 1 is 1.36 bits per heavy atom. The van der Waals surface area contributed by atoms with Crippen LogP contribution in [0.2, 0.25) is 0 Å². The Hall–Kier alpha value is -1.05. The molecule has 11 heavy (non-hydrogen) atoms. The highest BCUT2D eigenvalue weighted by Crippen LogP contribution is 2.06. The van der Waals surface area contributed by atoms with Gasteiger partial charge in [-0.1, -0.05) is 20.4 Å². The van der Waals surface area contributed by atoms with E-state index in [4.69, 9.17) is 0 Å². The van der Waals surface area contributed by atoms with E-state index in [1.807, 2.05) is 40.0 Å². The molecule has 0 fully saturated rings. The first kappa shape index (κ1) is 9.95. The van der Waals surface area contributed by atoms with Gasteiger partial charge in [0.05, 0.1) is 11.4 Å². The average molecular weight is 152 g/mol. The van der Waals surface area contributed by atoms with E-state index in [9.17, 15) is 0 Å². The van der Waals surface area contributed by atoms with Crippen LogP contribution < -0.4 is 0 Å². The Kier molecular flexibility index (Phi) is 4.27. The van der Waals surface area contributed by atoms with Crippen LogP contribution in [0.3, 0.4) is 0 Å². The Bertz CT molecular complexity index is 190. The molecule has 0 atom stereocenters. The van der Waals surface area contributed by atoms with E-state index in [0.717, 1.165) is 11.4 Å². The molecule has 0 amide bonds. The molecular formula is C9H16N2. The van der Waals surface area contributed by atoms with Crippen LogP contribution in [-0.4, -0.2) is 17.8 Å². The summed E-state index contributed by atoms with van der Waals surface area (Å²) in [7, 11) is 1.88. The number of hydrogen-bond donors (Lipinski definition) is 0. The van der Waals surface area contributed by atoms with Crippen molar-refractivity contribution in [3.8, 4) is 0 Å². The van der Waals surface area contributed by atoms with Crippen molar-refractivity contribution in [3.05, 3.63) is 24.4 Å². The van der Waals surface area contributed by atoms with E-state index in [0.29, 0.717) is 0 Å². The summed E-state index contributed by atoms with van der Waals surface area (Å²) >= 11 is 0. The van der Waals surface area contributed by atoms with Crippen molar-refractivity contribution in [3.63, 3.8) is 0 Å². The number of nitrogens with zero attached hydrogens (tertiary/aromatic N) is 2. The summed E-state index contributed by atoms with van der Waals surface area (Å²) in [5.41, 5.74) is 1.95. The molecule has 0 N–H and O–H groups in total. The molecule has 0 radical (unpaired) electrons. The summed E-state index contributed by atoms with van der Waals surface area (Å²) in [6.45, 7) is 9.72. The lowest BCUT2D eigenvalue weighted by molar-refractivity contribution is 0.459. The first-order valence-corrected chi connectivity index (χ1v) is 3.86. The van der Waals surface area contributed by atoms with Gasteiger partial charge in [-0.25, -0.2) is 0 Å². The van der Waals surface area contributed by atoms with Crippen LogP contribution in [0, 0.1) is 0 Å². The Labute approximate surface area is 68.9 Å². The van der Waals surface area contributed by atoms with Crippen molar-refractivity contribution in [2.24, 2.45) is 5.10 Å². The minimum absolute atomic E-state index is 0.931. The minimum atomic E-state index is 0.931. The lowest BCUT2D eigenvalue weighted by Crippen LogP contribution is -2.13. The lowest BCUT2D eigenvalue weighted by atomic mass is 10.3. The maximum atomic E-state index is 4.13. The van der Waals surface area contributed by atoms with Crippen molar-refractivity contribution in [2.75, 3.05) is 7.05 Å². The van der Waals surface area contributed by atoms with Gasteiger partial charge < -0.3 is 0 Å². The Balaban J connectivity index is 0.000000461. The molecule has 1 aliphatic rings. The van der Waals surface area contributed by atoms with Gasteiger partial charge in [-0.3, -0.25) is 5.01 Å². The van der Waals surface area contributed by atoms with E-state index < -0.39 is 0 Å². The zero-order valence-electron chi connectivity index (χ0n) is 7.76. The average Bonchev–Trinajstić information content (AvgIpc) is 2.02. The molecule has 0 aromatic carbocycles. The van der Waals surface area contributed by atoms with Crippen LogP contribution in [0.1, 0.15) is 20.8 Å². The fourth-order valence-corrected chi connectivity index (χ4v) is 0.659. The third-order valence-electron chi connectivity index (χ3n) is 1.24. The first-order chi connectivity index (χ1) is 5.20. The summed E-state index contributed by atoms with van der Waals surface area (Å²) in [6.07, 6.45) is 3.89. The normalized spacial score (nSPS) is 15.5. The standard InChI is InChI=1S/C7H10N2.C2H6/c1-6-4-5-7(2)9(3)8-6;1-2/h4-5H,2H2,1,3H3;1-2H3. The molecule has 0 bridgehead atoms. The second-order valence-electron chi connectivity index (χ2n) is 2.09. The van der Waals surface area contributed by atoms with Crippen LogP contribution in [0.5, 0.6) is 0 Å². The van der Waals surface area contributed by atoms with Gasteiger partial charge in [0, 0.05) is 7.05 Å². The molecular weight excluding hydrogens is 136 g/mol. The van der Waals surface area contributed by atoms with E-state index >= 15 is 0 Å². The molecule has 0 unspecified atom stereocenters. The van der Waals surface area contributed by atoms with Crippen LogP contribution >= 0.6 is 0 Å². The molecule has 1 heterocycles. The number of hydrogen-bond acceptors (Lipinski definition) is 2.